The Balaban J connectivity index is 1.29. The zero-order valence-corrected chi connectivity index (χ0v) is 19.1. The SMILES string of the molecule is COC(=O)c1ccccc1CC=Cc1cccc(C2CC2c2ccc3ccc(Cl)cc3n2)c1. The molecule has 33 heavy (non-hydrogen) atoms. The first kappa shape index (κ1) is 21.4. The normalized spacial score (nSPS) is 17.4. The molecule has 4 heteroatoms. The molecule has 0 saturated heterocycles. The molecule has 1 aromatic heterocycles. The maximum atomic E-state index is 12.0. The number of hydrogen-bond acceptors (Lipinski definition) is 3. The van der Waals surface area contributed by atoms with E-state index in [0.717, 1.165) is 34.1 Å². The molecule has 2 atom stereocenters. The van der Waals surface area contributed by atoms with Crippen molar-refractivity contribution in [1.29, 1.82) is 0 Å². The summed E-state index contributed by atoms with van der Waals surface area (Å²) in [5.41, 5.74) is 6.16. The predicted octanol–water partition coefficient (Wildman–Crippen LogP) is 7.20. The van der Waals surface area contributed by atoms with Gasteiger partial charge in [0, 0.05) is 22.0 Å². The number of benzene rings is 3. The highest BCUT2D eigenvalue weighted by Crippen LogP contribution is 2.54. The van der Waals surface area contributed by atoms with Gasteiger partial charge in [0.2, 0.25) is 0 Å². The molecule has 1 aliphatic carbocycles. The van der Waals surface area contributed by atoms with Gasteiger partial charge in [0.05, 0.1) is 18.2 Å². The van der Waals surface area contributed by atoms with E-state index < -0.39 is 0 Å². The second kappa shape index (κ2) is 9.21. The zero-order valence-electron chi connectivity index (χ0n) is 18.4. The molecule has 0 radical (unpaired) electrons. The van der Waals surface area contributed by atoms with Crippen molar-refractivity contribution in [2.24, 2.45) is 0 Å². The van der Waals surface area contributed by atoms with Crippen molar-refractivity contribution in [3.8, 4) is 0 Å². The van der Waals surface area contributed by atoms with Crippen LogP contribution in [0.2, 0.25) is 5.02 Å². The van der Waals surface area contributed by atoms with Crippen LogP contribution in [0.3, 0.4) is 0 Å². The average molecular weight is 454 g/mol. The minimum atomic E-state index is -0.301. The molecule has 1 heterocycles. The molecule has 164 valence electrons. The third-order valence-corrected chi connectivity index (χ3v) is 6.49. The first-order valence-corrected chi connectivity index (χ1v) is 11.5. The second-order valence-electron chi connectivity index (χ2n) is 8.45. The molecule has 2 unspecified atom stereocenters. The van der Waals surface area contributed by atoms with Crippen LogP contribution in [0.1, 0.15) is 51.0 Å². The number of fused-ring (bicyclic) bond motifs is 1. The molecule has 0 N–H and O–H groups in total. The van der Waals surface area contributed by atoms with Gasteiger partial charge in [0.15, 0.2) is 0 Å². The van der Waals surface area contributed by atoms with Crippen LogP contribution in [-0.2, 0) is 11.2 Å². The number of ether oxygens (including phenoxy) is 1. The summed E-state index contributed by atoms with van der Waals surface area (Å²) in [7, 11) is 1.41. The number of hydrogen-bond donors (Lipinski definition) is 0. The van der Waals surface area contributed by atoms with E-state index in [-0.39, 0.29) is 5.97 Å². The summed E-state index contributed by atoms with van der Waals surface area (Å²) < 4.78 is 4.89. The third-order valence-electron chi connectivity index (χ3n) is 6.26. The van der Waals surface area contributed by atoms with Crippen LogP contribution in [0, 0.1) is 0 Å². The summed E-state index contributed by atoms with van der Waals surface area (Å²) in [5.74, 6) is 0.632. The highest BCUT2D eigenvalue weighted by Gasteiger charge is 2.40. The standard InChI is InChI=1S/C29H24ClNO2/c1-33-29(32)24-11-3-2-8-20(24)9-4-6-19-7-5-10-22(16-19)25-18-26(25)27-15-13-21-12-14-23(30)17-28(21)31-27/h2-8,10-17,25-26H,9,18H2,1H3. The van der Waals surface area contributed by atoms with Crippen LogP contribution >= 0.6 is 11.6 Å². The van der Waals surface area contributed by atoms with E-state index in [0.29, 0.717) is 28.8 Å². The summed E-state index contributed by atoms with van der Waals surface area (Å²) >= 11 is 6.15. The summed E-state index contributed by atoms with van der Waals surface area (Å²) in [6.07, 6.45) is 6.00. The Morgan fingerprint density at radius 3 is 2.76 bits per heavy atom. The van der Waals surface area contributed by atoms with Crippen molar-refractivity contribution in [3.63, 3.8) is 0 Å². The van der Waals surface area contributed by atoms with Crippen molar-refractivity contribution in [3.05, 3.63) is 118 Å². The Kier molecular flexibility index (Phi) is 5.97. The number of allylic oxidation sites excluding steroid dienone is 1. The molecular formula is C29H24ClNO2. The van der Waals surface area contributed by atoms with Crippen LogP contribution in [0.4, 0.5) is 0 Å². The average Bonchev–Trinajstić information content (AvgIpc) is 3.65. The van der Waals surface area contributed by atoms with E-state index in [1.54, 1.807) is 6.07 Å². The highest BCUT2D eigenvalue weighted by atomic mass is 35.5. The Labute approximate surface area is 198 Å². The topological polar surface area (TPSA) is 39.2 Å². The molecular weight excluding hydrogens is 430 g/mol. The minimum Gasteiger partial charge on any atom is -0.465 e. The fourth-order valence-corrected chi connectivity index (χ4v) is 4.59. The van der Waals surface area contributed by atoms with E-state index in [1.807, 2.05) is 36.4 Å². The number of carbonyl (C=O) groups excluding carboxylic acids is 1. The van der Waals surface area contributed by atoms with Crippen molar-refractivity contribution in [1.82, 2.24) is 4.98 Å². The highest BCUT2D eigenvalue weighted by molar-refractivity contribution is 6.31. The van der Waals surface area contributed by atoms with Gasteiger partial charge in [-0.25, -0.2) is 4.79 Å². The smallest absolute Gasteiger partial charge is 0.338 e. The largest absolute Gasteiger partial charge is 0.465 e. The summed E-state index contributed by atoms with van der Waals surface area (Å²) in [4.78, 5) is 16.8. The second-order valence-corrected chi connectivity index (χ2v) is 8.88. The Bertz CT molecular complexity index is 1360. The van der Waals surface area contributed by atoms with Gasteiger partial charge in [0.25, 0.3) is 0 Å². The van der Waals surface area contributed by atoms with Crippen LogP contribution in [0.15, 0.2) is 84.9 Å². The van der Waals surface area contributed by atoms with E-state index in [9.17, 15) is 4.79 Å². The van der Waals surface area contributed by atoms with Crippen LogP contribution < -0.4 is 0 Å². The van der Waals surface area contributed by atoms with E-state index in [4.69, 9.17) is 21.3 Å². The number of esters is 1. The lowest BCUT2D eigenvalue weighted by molar-refractivity contribution is 0.0599. The zero-order chi connectivity index (χ0) is 22.8. The van der Waals surface area contributed by atoms with Crippen molar-refractivity contribution < 1.29 is 9.53 Å². The van der Waals surface area contributed by atoms with E-state index >= 15 is 0 Å². The summed E-state index contributed by atoms with van der Waals surface area (Å²) in [6.45, 7) is 0. The van der Waals surface area contributed by atoms with Gasteiger partial charge in [-0.2, -0.15) is 0 Å². The molecule has 3 nitrogen and oxygen atoms in total. The molecule has 3 aromatic carbocycles. The number of aromatic nitrogens is 1. The van der Waals surface area contributed by atoms with Gasteiger partial charge in [-0.3, -0.25) is 4.98 Å². The maximum Gasteiger partial charge on any atom is 0.338 e. The van der Waals surface area contributed by atoms with Gasteiger partial charge in [-0.1, -0.05) is 78.4 Å². The number of rotatable bonds is 6. The number of carbonyl (C=O) groups is 1. The Hall–Kier alpha value is -3.43. The lowest BCUT2D eigenvalue weighted by Gasteiger charge is -2.06. The minimum absolute atomic E-state index is 0.301. The van der Waals surface area contributed by atoms with Gasteiger partial charge in [-0.15, -0.1) is 0 Å². The number of nitrogens with zero attached hydrogens (tertiary/aromatic N) is 1. The fourth-order valence-electron chi connectivity index (χ4n) is 4.43. The van der Waals surface area contributed by atoms with E-state index in [2.05, 4.69) is 48.6 Å². The fraction of sp³-hybridized carbons (Fsp3) is 0.172. The molecule has 0 amide bonds. The van der Waals surface area contributed by atoms with Crippen LogP contribution in [-0.4, -0.2) is 18.1 Å². The van der Waals surface area contributed by atoms with Gasteiger partial charge in [-0.05, 0) is 59.7 Å². The molecule has 1 saturated carbocycles. The lowest BCUT2D eigenvalue weighted by atomic mass is 10.0. The number of pyridine rings is 1. The predicted molar refractivity (Wildman–Crippen MR) is 134 cm³/mol. The summed E-state index contributed by atoms with van der Waals surface area (Å²) in [6, 6.07) is 26.4. The number of halogens is 1. The Morgan fingerprint density at radius 1 is 1.03 bits per heavy atom. The van der Waals surface area contributed by atoms with Gasteiger partial charge < -0.3 is 4.74 Å². The molecule has 1 aliphatic rings. The molecule has 1 fully saturated rings. The van der Waals surface area contributed by atoms with Crippen molar-refractivity contribution >= 4 is 34.5 Å². The summed E-state index contributed by atoms with van der Waals surface area (Å²) in [5, 5.41) is 1.83. The van der Waals surface area contributed by atoms with Gasteiger partial charge in [0.1, 0.15) is 0 Å². The lowest BCUT2D eigenvalue weighted by Crippen LogP contribution is -2.04. The molecule has 5 rings (SSSR count). The molecule has 4 aromatic rings. The monoisotopic (exact) mass is 453 g/mol. The first-order chi connectivity index (χ1) is 16.1. The molecule has 0 spiro atoms. The van der Waals surface area contributed by atoms with E-state index in [1.165, 1.54) is 12.7 Å². The Morgan fingerprint density at radius 2 is 1.88 bits per heavy atom. The molecule has 0 bridgehead atoms. The quantitative estimate of drug-likeness (QED) is 0.290. The van der Waals surface area contributed by atoms with Crippen molar-refractivity contribution in [2.75, 3.05) is 7.11 Å². The number of methoxy groups -OCH3 is 1. The third kappa shape index (κ3) is 4.69. The first-order valence-electron chi connectivity index (χ1n) is 11.1. The maximum absolute atomic E-state index is 12.0. The molecule has 0 aliphatic heterocycles. The van der Waals surface area contributed by atoms with Gasteiger partial charge >= 0.3 is 5.97 Å². The van der Waals surface area contributed by atoms with Crippen LogP contribution in [0.5, 0.6) is 0 Å². The van der Waals surface area contributed by atoms with Crippen LogP contribution in [0.25, 0.3) is 17.0 Å². The van der Waals surface area contributed by atoms with Crippen molar-refractivity contribution in [2.45, 2.75) is 24.7 Å².